The predicted molar refractivity (Wildman–Crippen MR) is 112 cm³/mol. The second kappa shape index (κ2) is 7.41. The molecule has 5 nitrogen and oxygen atoms in total. The van der Waals surface area contributed by atoms with Gasteiger partial charge in [-0.15, -0.1) is 0 Å². The second-order valence-corrected chi connectivity index (χ2v) is 7.57. The van der Waals surface area contributed by atoms with Gasteiger partial charge in [0.25, 0.3) is 5.91 Å². The Hall–Kier alpha value is -2.63. The lowest BCUT2D eigenvalue weighted by Gasteiger charge is -2.18. The van der Waals surface area contributed by atoms with Crippen LogP contribution in [0.4, 0.5) is 11.4 Å². The van der Waals surface area contributed by atoms with Gasteiger partial charge in [0.15, 0.2) is 0 Å². The quantitative estimate of drug-likeness (QED) is 0.639. The monoisotopic (exact) mass is 413 g/mol. The smallest absolute Gasteiger partial charge is 0.257 e. The summed E-state index contributed by atoms with van der Waals surface area (Å²) in [6, 6.07) is 12.3. The number of anilines is 2. The molecule has 142 valence electrons. The van der Waals surface area contributed by atoms with Gasteiger partial charge in [-0.1, -0.05) is 23.2 Å². The van der Waals surface area contributed by atoms with Crippen molar-refractivity contribution in [1.82, 2.24) is 4.98 Å². The molecule has 0 saturated carbocycles. The molecule has 0 spiro atoms. The number of hydrogen-bond acceptors (Lipinski definition) is 3. The third kappa shape index (κ3) is 3.55. The van der Waals surface area contributed by atoms with E-state index >= 15 is 0 Å². The molecule has 7 heteroatoms. The number of fused-ring (bicyclic) bond motifs is 1. The van der Waals surface area contributed by atoms with Crippen molar-refractivity contribution in [3.8, 4) is 0 Å². The number of carbonyl (C=O) groups excluding carboxylic acids is 2. The molecule has 28 heavy (non-hydrogen) atoms. The molecule has 1 saturated heterocycles. The van der Waals surface area contributed by atoms with Crippen LogP contribution in [-0.4, -0.2) is 23.3 Å². The second-order valence-electron chi connectivity index (χ2n) is 6.73. The van der Waals surface area contributed by atoms with E-state index in [1.807, 2.05) is 6.07 Å². The third-order valence-corrected chi connectivity index (χ3v) is 5.32. The lowest BCUT2D eigenvalue weighted by Crippen LogP contribution is -2.24. The summed E-state index contributed by atoms with van der Waals surface area (Å²) in [6.07, 6.45) is 1.36. The first kappa shape index (κ1) is 18.7. The summed E-state index contributed by atoms with van der Waals surface area (Å²) in [5.41, 5.74) is 3.08. The number of aromatic nitrogens is 1. The number of pyridine rings is 1. The normalized spacial score (nSPS) is 14.0. The van der Waals surface area contributed by atoms with E-state index in [-0.39, 0.29) is 11.8 Å². The zero-order chi connectivity index (χ0) is 19.8. The maximum Gasteiger partial charge on any atom is 0.257 e. The molecule has 0 unspecified atom stereocenters. The molecule has 1 aromatic heterocycles. The van der Waals surface area contributed by atoms with Crippen molar-refractivity contribution >= 4 is 57.3 Å². The number of rotatable bonds is 3. The molecule has 2 aromatic carbocycles. The summed E-state index contributed by atoms with van der Waals surface area (Å²) in [7, 11) is 0. The Labute approximate surface area is 172 Å². The van der Waals surface area contributed by atoms with Crippen LogP contribution in [0.3, 0.4) is 0 Å². The van der Waals surface area contributed by atoms with Crippen molar-refractivity contribution in [2.75, 3.05) is 16.8 Å². The molecule has 0 aliphatic carbocycles. The van der Waals surface area contributed by atoms with Crippen LogP contribution >= 0.6 is 23.2 Å². The Bertz CT molecular complexity index is 1110. The van der Waals surface area contributed by atoms with Gasteiger partial charge in [-0.3, -0.25) is 14.6 Å². The Morgan fingerprint density at radius 1 is 1.14 bits per heavy atom. The Morgan fingerprint density at radius 2 is 1.96 bits per heavy atom. The zero-order valence-electron chi connectivity index (χ0n) is 15.1. The van der Waals surface area contributed by atoms with Crippen molar-refractivity contribution in [3.05, 3.63) is 63.8 Å². The number of amides is 2. The van der Waals surface area contributed by atoms with Crippen LogP contribution in [0.15, 0.2) is 42.5 Å². The van der Waals surface area contributed by atoms with E-state index in [1.165, 1.54) is 0 Å². The summed E-state index contributed by atoms with van der Waals surface area (Å²) in [6.45, 7) is 2.45. The molecule has 0 radical (unpaired) electrons. The topological polar surface area (TPSA) is 62.3 Å². The van der Waals surface area contributed by atoms with Crippen molar-refractivity contribution < 1.29 is 9.59 Å². The maximum atomic E-state index is 12.8. The van der Waals surface area contributed by atoms with Crippen LogP contribution in [0.5, 0.6) is 0 Å². The molecule has 1 aliphatic heterocycles. The van der Waals surface area contributed by atoms with Crippen molar-refractivity contribution in [3.63, 3.8) is 0 Å². The first-order chi connectivity index (χ1) is 13.4. The highest BCUT2D eigenvalue weighted by Crippen LogP contribution is 2.32. The summed E-state index contributed by atoms with van der Waals surface area (Å²) in [5.74, 6) is -0.219. The molecule has 3 aromatic rings. The molecule has 2 heterocycles. The molecule has 1 aliphatic rings. The van der Waals surface area contributed by atoms with E-state index in [4.69, 9.17) is 23.2 Å². The van der Waals surface area contributed by atoms with E-state index in [0.29, 0.717) is 45.6 Å². The molecule has 0 bridgehead atoms. The molecule has 1 N–H and O–H groups in total. The Balaban J connectivity index is 1.60. The highest BCUT2D eigenvalue weighted by Gasteiger charge is 2.23. The first-order valence-electron chi connectivity index (χ1n) is 8.90. The van der Waals surface area contributed by atoms with Crippen LogP contribution in [0.1, 0.15) is 28.9 Å². The SMILES string of the molecule is Cc1nc2ccc(Cl)cc2cc1C(=O)Nc1ccc(N2CCCC2=O)c(Cl)c1. The van der Waals surface area contributed by atoms with Crippen LogP contribution < -0.4 is 10.2 Å². The van der Waals surface area contributed by atoms with Crippen LogP contribution in [0.2, 0.25) is 10.0 Å². The van der Waals surface area contributed by atoms with Crippen molar-refractivity contribution in [2.45, 2.75) is 19.8 Å². The van der Waals surface area contributed by atoms with Crippen LogP contribution in [-0.2, 0) is 4.79 Å². The van der Waals surface area contributed by atoms with Gasteiger partial charge in [0.05, 0.1) is 27.5 Å². The fraction of sp³-hybridized carbons (Fsp3) is 0.190. The number of nitrogens with one attached hydrogen (secondary N) is 1. The van der Waals surface area contributed by atoms with E-state index in [1.54, 1.807) is 48.2 Å². The summed E-state index contributed by atoms with van der Waals surface area (Å²) in [5, 5.41) is 4.65. The molecule has 2 amide bonds. The number of aryl methyl sites for hydroxylation is 1. The largest absolute Gasteiger partial charge is 0.322 e. The number of nitrogens with zero attached hydrogens (tertiary/aromatic N) is 2. The zero-order valence-corrected chi connectivity index (χ0v) is 16.6. The maximum absolute atomic E-state index is 12.8. The lowest BCUT2D eigenvalue weighted by atomic mass is 10.1. The molecule has 1 fully saturated rings. The van der Waals surface area contributed by atoms with E-state index in [0.717, 1.165) is 17.3 Å². The summed E-state index contributed by atoms with van der Waals surface area (Å²) < 4.78 is 0. The van der Waals surface area contributed by atoms with Gasteiger partial charge in [0, 0.05) is 29.1 Å². The van der Waals surface area contributed by atoms with Crippen molar-refractivity contribution in [1.29, 1.82) is 0 Å². The number of hydrogen-bond donors (Lipinski definition) is 1. The average molecular weight is 414 g/mol. The van der Waals surface area contributed by atoms with Gasteiger partial charge in [0.2, 0.25) is 5.91 Å². The molecular weight excluding hydrogens is 397 g/mol. The van der Waals surface area contributed by atoms with Gasteiger partial charge < -0.3 is 10.2 Å². The molecule has 0 atom stereocenters. The van der Waals surface area contributed by atoms with Gasteiger partial charge in [-0.2, -0.15) is 0 Å². The van der Waals surface area contributed by atoms with Crippen LogP contribution in [0, 0.1) is 6.92 Å². The minimum absolute atomic E-state index is 0.0650. The van der Waals surface area contributed by atoms with Crippen LogP contribution in [0.25, 0.3) is 10.9 Å². The first-order valence-corrected chi connectivity index (χ1v) is 9.66. The molecule has 4 rings (SSSR count). The number of benzene rings is 2. The fourth-order valence-electron chi connectivity index (χ4n) is 3.38. The Morgan fingerprint density at radius 3 is 2.68 bits per heavy atom. The van der Waals surface area contributed by atoms with Crippen molar-refractivity contribution in [2.24, 2.45) is 0 Å². The third-order valence-electron chi connectivity index (χ3n) is 4.78. The summed E-state index contributed by atoms with van der Waals surface area (Å²) >= 11 is 12.4. The van der Waals surface area contributed by atoms with Gasteiger partial charge >= 0.3 is 0 Å². The fourth-order valence-corrected chi connectivity index (χ4v) is 3.84. The summed E-state index contributed by atoms with van der Waals surface area (Å²) in [4.78, 5) is 30.9. The minimum atomic E-state index is -0.284. The average Bonchev–Trinajstić information content (AvgIpc) is 3.07. The highest BCUT2D eigenvalue weighted by atomic mass is 35.5. The minimum Gasteiger partial charge on any atom is -0.322 e. The van der Waals surface area contributed by atoms with Gasteiger partial charge in [-0.05, 0) is 55.8 Å². The van der Waals surface area contributed by atoms with E-state index < -0.39 is 0 Å². The Kier molecular flexibility index (Phi) is 4.96. The lowest BCUT2D eigenvalue weighted by molar-refractivity contribution is -0.117. The predicted octanol–water partition coefficient (Wildman–Crippen LogP) is 5.23. The van der Waals surface area contributed by atoms with E-state index in [2.05, 4.69) is 10.3 Å². The van der Waals surface area contributed by atoms with Gasteiger partial charge in [0.1, 0.15) is 0 Å². The van der Waals surface area contributed by atoms with Gasteiger partial charge in [-0.25, -0.2) is 0 Å². The molecular formula is C21H17Cl2N3O2. The standard InChI is InChI=1S/C21H17Cl2N3O2/c1-12-16(10-13-9-14(22)4-6-18(13)24-12)21(28)25-15-5-7-19(17(23)11-15)26-8-2-3-20(26)27/h4-7,9-11H,2-3,8H2,1H3,(H,25,28). The van der Waals surface area contributed by atoms with E-state index in [9.17, 15) is 9.59 Å². The number of halogens is 2. The highest BCUT2D eigenvalue weighted by molar-refractivity contribution is 6.34. The number of carbonyl (C=O) groups is 2.